The predicted molar refractivity (Wildman–Crippen MR) is 185 cm³/mol. The van der Waals surface area contributed by atoms with Gasteiger partial charge in [-0.3, -0.25) is 9.59 Å². The van der Waals surface area contributed by atoms with Gasteiger partial charge in [0, 0.05) is 10.8 Å². The van der Waals surface area contributed by atoms with E-state index in [0.717, 1.165) is 22.3 Å². The Bertz CT molecular complexity index is 1230. The van der Waals surface area contributed by atoms with Crippen LogP contribution in [0.25, 0.3) is 0 Å². The lowest BCUT2D eigenvalue weighted by atomic mass is 9.66. The van der Waals surface area contributed by atoms with Crippen molar-refractivity contribution >= 4 is 11.6 Å². The number of carbonyl (C=O) groups excluding carboxylic acids is 2. The maximum absolute atomic E-state index is 12.9. The molecule has 0 spiro atoms. The summed E-state index contributed by atoms with van der Waals surface area (Å²) < 4.78 is 0. The van der Waals surface area contributed by atoms with Gasteiger partial charge in [0.1, 0.15) is 0 Å². The topological polar surface area (TPSA) is 74.6 Å². The van der Waals surface area contributed by atoms with Crippen LogP contribution in [0.5, 0.6) is 0 Å². The minimum atomic E-state index is -0.542. The number of rotatable bonds is 12. The van der Waals surface area contributed by atoms with Crippen LogP contribution in [0.3, 0.4) is 0 Å². The van der Waals surface area contributed by atoms with Gasteiger partial charge in [-0.15, -0.1) is 0 Å². The Balaban J connectivity index is 1.87. The highest BCUT2D eigenvalue weighted by Crippen LogP contribution is 2.54. The lowest BCUT2D eigenvalue weighted by Gasteiger charge is -2.35. The van der Waals surface area contributed by atoms with Crippen LogP contribution >= 0.6 is 0 Å². The van der Waals surface area contributed by atoms with Crippen molar-refractivity contribution in [2.75, 3.05) is 0 Å². The number of hydrogen-bond acceptors (Lipinski definition) is 4. The molecule has 2 saturated carbocycles. The van der Waals surface area contributed by atoms with Gasteiger partial charge in [-0.05, 0) is 76.4 Å². The van der Waals surface area contributed by atoms with Crippen LogP contribution < -0.4 is 0 Å². The Morgan fingerprint density at radius 3 is 1.07 bits per heavy atom. The molecular weight excluding hydrogens is 544 g/mol. The van der Waals surface area contributed by atoms with Crippen molar-refractivity contribution in [3.63, 3.8) is 0 Å². The Labute approximate surface area is 267 Å². The molecule has 240 valence electrons. The number of ketones is 2. The highest BCUT2D eigenvalue weighted by atomic mass is 16.3. The van der Waals surface area contributed by atoms with Crippen molar-refractivity contribution in [1.82, 2.24) is 0 Å². The Morgan fingerprint density at radius 2 is 0.773 bits per heavy atom. The van der Waals surface area contributed by atoms with Crippen LogP contribution in [-0.4, -0.2) is 34.0 Å². The molecule has 0 amide bonds. The Kier molecular flexibility index (Phi) is 12.9. The molecule has 4 unspecified atom stereocenters. The van der Waals surface area contributed by atoms with Gasteiger partial charge in [-0.2, -0.15) is 0 Å². The van der Waals surface area contributed by atoms with E-state index in [4.69, 9.17) is 0 Å². The zero-order valence-corrected chi connectivity index (χ0v) is 28.8. The minimum Gasteiger partial charge on any atom is -0.393 e. The van der Waals surface area contributed by atoms with Crippen molar-refractivity contribution < 1.29 is 19.8 Å². The van der Waals surface area contributed by atoms with E-state index in [0.29, 0.717) is 25.7 Å². The van der Waals surface area contributed by atoms with Crippen molar-refractivity contribution in [1.29, 1.82) is 0 Å². The third-order valence-corrected chi connectivity index (χ3v) is 10.1. The van der Waals surface area contributed by atoms with Crippen LogP contribution in [0.15, 0.2) is 107 Å². The number of allylic oxidation sites excluding steroid dienone is 18. The summed E-state index contributed by atoms with van der Waals surface area (Å²) in [6.07, 6.45) is 28.6. The van der Waals surface area contributed by atoms with E-state index in [1.807, 2.05) is 114 Å². The lowest BCUT2D eigenvalue weighted by molar-refractivity contribution is -0.128. The molecule has 0 aromatic carbocycles. The molecule has 2 N–H and O–H groups in total. The third kappa shape index (κ3) is 9.71. The fourth-order valence-corrected chi connectivity index (χ4v) is 6.26. The number of aliphatic hydroxyl groups excluding tert-OH is 2. The van der Waals surface area contributed by atoms with E-state index < -0.39 is 23.0 Å². The molecule has 0 bridgehead atoms. The summed E-state index contributed by atoms with van der Waals surface area (Å²) in [5.74, 6) is 0.148. The first-order valence-corrected chi connectivity index (χ1v) is 15.9. The third-order valence-electron chi connectivity index (χ3n) is 10.1. The second kappa shape index (κ2) is 15.3. The van der Waals surface area contributed by atoms with Crippen molar-refractivity contribution in [3.8, 4) is 0 Å². The molecule has 4 heteroatoms. The number of carbonyl (C=O) groups is 2. The smallest absolute Gasteiger partial charge is 0.162 e. The molecule has 0 aromatic rings. The van der Waals surface area contributed by atoms with Crippen LogP contribution in [-0.2, 0) is 9.59 Å². The van der Waals surface area contributed by atoms with E-state index in [2.05, 4.69) is 27.7 Å². The highest BCUT2D eigenvalue weighted by molar-refractivity contribution is 5.96. The van der Waals surface area contributed by atoms with Gasteiger partial charge < -0.3 is 10.2 Å². The molecule has 44 heavy (non-hydrogen) atoms. The average Bonchev–Trinajstić information content (AvgIpc) is 3.27. The average molecular weight is 601 g/mol. The van der Waals surface area contributed by atoms with Gasteiger partial charge in [0.2, 0.25) is 0 Å². The predicted octanol–water partition coefficient (Wildman–Crippen LogP) is 9.07. The summed E-state index contributed by atoms with van der Waals surface area (Å²) >= 11 is 0. The Morgan fingerprint density at radius 1 is 0.477 bits per heavy atom. The molecule has 2 rings (SSSR count). The second-order valence-electron chi connectivity index (χ2n) is 14.7. The summed E-state index contributed by atoms with van der Waals surface area (Å²) in [6, 6.07) is 0. The van der Waals surface area contributed by atoms with Crippen molar-refractivity contribution in [3.05, 3.63) is 107 Å². The first kappa shape index (κ1) is 37.1. The SMILES string of the molecule is CC(C=CC=C(C)C=CC(=O)C1(C)CC(O)CC1(C)C)=CC=CC=C(C)C=CC=C(C)C=CC(=O)C1(C)CC(O)CC1(C)C. The van der Waals surface area contributed by atoms with Crippen molar-refractivity contribution in [2.24, 2.45) is 21.7 Å². The molecule has 2 aliphatic carbocycles. The van der Waals surface area contributed by atoms with Gasteiger partial charge in [-0.25, -0.2) is 0 Å². The quantitative estimate of drug-likeness (QED) is 0.173. The molecule has 0 saturated heterocycles. The maximum atomic E-state index is 12.9. The minimum absolute atomic E-state index is 0.0742. The van der Waals surface area contributed by atoms with Gasteiger partial charge in [0.05, 0.1) is 12.2 Å². The van der Waals surface area contributed by atoms with Crippen LogP contribution in [0.2, 0.25) is 0 Å². The first-order valence-electron chi connectivity index (χ1n) is 15.9. The molecule has 4 nitrogen and oxygen atoms in total. The monoisotopic (exact) mass is 600 g/mol. The van der Waals surface area contributed by atoms with Gasteiger partial charge >= 0.3 is 0 Å². The lowest BCUT2D eigenvalue weighted by Crippen LogP contribution is -2.36. The zero-order chi connectivity index (χ0) is 33.3. The van der Waals surface area contributed by atoms with Crippen LogP contribution in [0.4, 0.5) is 0 Å². The van der Waals surface area contributed by atoms with Gasteiger partial charge in [-0.1, -0.05) is 137 Å². The molecule has 0 heterocycles. The standard InChI is InChI=1S/C40H56O4/c1-29(17-13-19-31(3)21-23-35(43)39(9)27-33(41)25-37(39,5)6)15-11-12-16-30(2)18-14-20-32(4)22-24-36(44)40(10)28-34(42)26-38(40,7)8/h11-24,33-34,41-42H,25-28H2,1-10H3. The first-order chi connectivity index (χ1) is 20.3. The molecule has 2 fully saturated rings. The van der Waals surface area contributed by atoms with E-state index in [1.54, 1.807) is 12.2 Å². The second-order valence-corrected chi connectivity index (χ2v) is 14.7. The molecular formula is C40H56O4. The Hall–Kier alpha value is -3.08. The van der Waals surface area contributed by atoms with Crippen LogP contribution in [0, 0.1) is 21.7 Å². The summed E-state index contributed by atoms with van der Waals surface area (Å²) in [5.41, 5.74) is 2.65. The zero-order valence-electron chi connectivity index (χ0n) is 28.8. The summed E-state index contributed by atoms with van der Waals surface area (Å²) in [7, 11) is 0. The normalized spacial score (nSPS) is 30.3. The molecule has 0 aromatic heterocycles. The summed E-state index contributed by atoms with van der Waals surface area (Å²) in [4.78, 5) is 25.9. The molecule has 0 aliphatic heterocycles. The molecule has 2 aliphatic rings. The fraction of sp³-hybridized carbons (Fsp3) is 0.500. The van der Waals surface area contributed by atoms with E-state index in [1.165, 1.54) is 0 Å². The largest absolute Gasteiger partial charge is 0.393 e. The number of hydrogen-bond donors (Lipinski definition) is 2. The van der Waals surface area contributed by atoms with Crippen LogP contribution in [0.1, 0.15) is 94.9 Å². The molecule has 0 radical (unpaired) electrons. The summed E-state index contributed by atoms with van der Waals surface area (Å²) in [6.45, 7) is 20.2. The summed E-state index contributed by atoms with van der Waals surface area (Å²) in [5, 5.41) is 20.2. The van der Waals surface area contributed by atoms with Gasteiger partial charge in [0.25, 0.3) is 0 Å². The molecule has 4 atom stereocenters. The fourth-order valence-electron chi connectivity index (χ4n) is 6.26. The van der Waals surface area contributed by atoms with E-state index >= 15 is 0 Å². The van der Waals surface area contributed by atoms with Crippen molar-refractivity contribution in [2.45, 2.75) is 107 Å². The van der Waals surface area contributed by atoms with Gasteiger partial charge in [0.15, 0.2) is 11.6 Å². The highest BCUT2D eigenvalue weighted by Gasteiger charge is 2.53. The maximum Gasteiger partial charge on any atom is 0.162 e. The van der Waals surface area contributed by atoms with E-state index in [-0.39, 0.29) is 22.4 Å². The number of aliphatic hydroxyl groups is 2. The van der Waals surface area contributed by atoms with E-state index in [9.17, 15) is 19.8 Å².